The number of nitrogens with one attached hydrogen (secondary N) is 1. The fraction of sp³-hybridized carbons (Fsp3) is 0.600. The van der Waals surface area contributed by atoms with Crippen molar-refractivity contribution in [3.05, 3.63) is 28.2 Å². The van der Waals surface area contributed by atoms with Gasteiger partial charge in [0.05, 0.1) is 19.8 Å². The van der Waals surface area contributed by atoms with Crippen molar-refractivity contribution in [3.8, 4) is 0 Å². The van der Waals surface area contributed by atoms with Crippen LogP contribution in [0.5, 0.6) is 0 Å². The molecule has 3 heterocycles. The molecule has 1 N–H and O–H groups in total. The number of aromatic nitrogens is 4. The average Bonchev–Trinajstić information content (AvgIpc) is 3.21. The molecule has 2 aromatic rings. The quantitative estimate of drug-likeness (QED) is 0.774. The summed E-state index contributed by atoms with van der Waals surface area (Å²) in [4.78, 5) is 14.5. The summed E-state index contributed by atoms with van der Waals surface area (Å²) >= 11 is 1.67. The van der Waals surface area contributed by atoms with E-state index in [4.69, 9.17) is 4.74 Å². The zero-order valence-corrected chi connectivity index (χ0v) is 14.5. The van der Waals surface area contributed by atoms with Gasteiger partial charge in [-0.2, -0.15) is 11.3 Å². The highest BCUT2D eigenvalue weighted by molar-refractivity contribution is 7.07. The van der Waals surface area contributed by atoms with Crippen LogP contribution >= 0.6 is 11.3 Å². The molecule has 1 atom stereocenters. The van der Waals surface area contributed by atoms with Gasteiger partial charge >= 0.3 is 0 Å². The first-order valence-electron chi connectivity index (χ1n) is 8.06. The van der Waals surface area contributed by atoms with Crippen LogP contribution in [0.4, 0.5) is 0 Å². The van der Waals surface area contributed by atoms with Crippen molar-refractivity contribution < 1.29 is 9.53 Å². The van der Waals surface area contributed by atoms with Crippen LogP contribution in [0.1, 0.15) is 18.3 Å². The van der Waals surface area contributed by atoms with Gasteiger partial charge in [-0.3, -0.25) is 9.69 Å². The van der Waals surface area contributed by atoms with Crippen molar-refractivity contribution in [3.63, 3.8) is 0 Å². The molecule has 0 unspecified atom stereocenters. The summed E-state index contributed by atoms with van der Waals surface area (Å²) in [5.41, 5.74) is 1.24. The van der Waals surface area contributed by atoms with E-state index in [-0.39, 0.29) is 18.5 Å². The molecule has 0 aromatic carbocycles. The van der Waals surface area contributed by atoms with Gasteiger partial charge in [0.15, 0.2) is 5.82 Å². The molecule has 1 aliphatic rings. The fourth-order valence-electron chi connectivity index (χ4n) is 2.69. The standard InChI is InChI=1S/C15H22N6O2S/c1-12(8-13-2-7-24-11-13)16-15(22)10-21-14(17-18-19-21)9-20-3-5-23-6-4-20/h2,7,11-12H,3-6,8-10H2,1H3,(H,16,22)/t12-/m0/s1. The van der Waals surface area contributed by atoms with Crippen molar-refractivity contribution in [2.75, 3.05) is 26.3 Å². The predicted octanol–water partition coefficient (Wildman–Crippen LogP) is 0.314. The number of thiophene rings is 1. The molecule has 2 aromatic heterocycles. The van der Waals surface area contributed by atoms with Crippen molar-refractivity contribution in [1.82, 2.24) is 30.4 Å². The number of hydrogen-bond acceptors (Lipinski definition) is 7. The van der Waals surface area contributed by atoms with Crippen LogP contribution in [0.25, 0.3) is 0 Å². The molecular formula is C15H22N6O2S. The Morgan fingerprint density at radius 2 is 2.29 bits per heavy atom. The molecule has 1 amide bonds. The van der Waals surface area contributed by atoms with Crippen LogP contribution < -0.4 is 5.32 Å². The molecule has 1 saturated heterocycles. The smallest absolute Gasteiger partial charge is 0.242 e. The van der Waals surface area contributed by atoms with Crippen LogP contribution in [-0.2, 0) is 29.0 Å². The van der Waals surface area contributed by atoms with Gasteiger partial charge in [0.1, 0.15) is 6.54 Å². The van der Waals surface area contributed by atoms with Crippen LogP contribution in [0, 0.1) is 0 Å². The second kappa shape index (κ2) is 8.32. The highest BCUT2D eigenvalue weighted by Gasteiger charge is 2.17. The van der Waals surface area contributed by atoms with Crippen LogP contribution in [0.3, 0.4) is 0 Å². The van der Waals surface area contributed by atoms with Crippen molar-refractivity contribution in [1.29, 1.82) is 0 Å². The van der Waals surface area contributed by atoms with Gasteiger partial charge in [-0.1, -0.05) is 0 Å². The fourth-order valence-corrected chi connectivity index (χ4v) is 3.37. The highest BCUT2D eigenvalue weighted by atomic mass is 32.1. The third-order valence-electron chi connectivity index (χ3n) is 3.90. The minimum Gasteiger partial charge on any atom is -0.379 e. The minimum atomic E-state index is -0.0757. The van der Waals surface area contributed by atoms with Crippen LogP contribution in [0.15, 0.2) is 16.8 Å². The van der Waals surface area contributed by atoms with Gasteiger partial charge in [-0.05, 0) is 46.2 Å². The summed E-state index contributed by atoms with van der Waals surface area (Å²) in [5, 5.41) is 18.8. The summed E-state index contributed by atoms with van der Waals surface area (Å²) in [7, 11) is 0. The van der Waals surface area contributed by atoms with Crippen molar-refractivity contribution >= 4 is 17.2 Å². The van der Waals surface area contributed by atoms with Gasteiger partial charge in [-0.25, -0.2) is 4.68 Å². The van der Waals surface area contributed by atoms with Gasteiger partial charge < -0.3 is 10.1 Å². The lowest BCUT2D eigenvalue weighted by atomic mass is 10.1. The Morgan fingerprint density at radius 1 is 1.46 bits per heavy atom. The predicted molar refractivity (Wildman–Crippen MR) is 89.5 cm³/mol. The van der Waals surface area contributed by atoms with Gasteiger partial charge in [0.2, 0.25) is 5.91 Å². The molecule has 130 valence electrons. The molecule has 0 spiro atoms. The van der Waals surface area contributed by atoms with E-state index in [2.05, 4.69) is 37.2 Å². The van der Waals surface area contributed by atoms with Crippen molar-refractivity contribution in [2.45, 2.75) is 32.5 Å². The normalized spacial score (nSPS) is 16.9. The van der Waals surface area contributed by atoms with Gasteiger partial charge in [0.25, 0.3) is 0 Å². The van der Waals surface area contributed by atoms with E-state index in [0.29, 0.717) is 12.4 Å². The summed E-state index contributed by atoms with van der Waals surface area (Å²) in [5.74, 6) is 0.630. The summed E-state index contributed by atoms with van der Waals surface area (Å²) in [6, 6.07) is 2.15. The third-order valence-corrected chi connectivity index (χ3v) is 4.63. The Balaban J connectivity index is 1.50. The van der Waals surface area contributed by atoms with E-state index in [1.807, 2.05) is 12.3 Å². The molecule has 3 rings (SSSR count). The van der Waals surface area contributed by atoms with E-state index in [1.165, 1.54) is 5.56 Å². The lowest BCUT2D eigenvalue weighted by Crippen LogP contribution is -2.38. The molecule has 0 aliphatic carbocycles. The SMILES string of the molecule is C[C@@H](Cc1ccsc1)NC(=O)Cn1nnnc1CN1CCOCC1. The summed E-state index contributed by atoms with van der Waals surface area (Å²) in [6.45, 7) is 5.94. The zero-order valence-electron chi connectivity index (χ0n) is 13.7. The number of hydrogen-bond donors (Lipinski definition) is 1. The minimum absolute atomic E-state index is 0.0753. The number of ether oxygens (including phenoxy) is 1. The number of amides is 1. The molecule has 0 saturated carbocycles. The van der Waals surface area contributed by atoms with Crippen LogP contribution in [-0.4, -0.2) is 63.4 Å². The third kappa shape index (κ3) is 4.83. The van der Waals surface area contributed by atoms with Crippen molar-refractivity contribution in [2.24, 2.45) is 0 Å². The molecule has 1 aliphatic heterocycles. The van der Waals surface area contributed by atoms with Gasteiger partial charge in [-0.15, -0.1) is 5.10 Å². The monoisotopic (exact) mass is 350 g/mol. The maximum Gasteiger partial charge on any atom is 0.242 e. The number of carbonyl (C=O) groups excluding carboxylic acids is 1. The summed E-state index contributed by atoms with van der Waals surface area (Å²) < 4.78 is 6.91. The second-order valence-electron chi connectivity index (χ2n) is 5.95. The maximum absolute atomic E-state index is 12.2. The second-order valence-corrected chi connectivity index (χ2v) is 6.73. The molecule has 9 heteroatoms. The Labute approximate surface area is 144 Å². The number of nitrogens with zero attached hydrogens (tertiary/aromatic N) is 5. The first-order chi connectivity index (χ1) is 11.7. The van der Waals surface area contributed by atoms with E-state index in [0.717, 1.165) is 32.7 Å². The Bertz CT molecular complexity index is 638. The number of morpholine rings is 1. The first-order valence-corrected chi connectivity index (χ1v) is 9.00. The van der Waals surface area contributed by atoms with E-state index in [1.54, 1.807) is 16.0 Å². The Kier molecular flexibility index (Phi) is 5.89. The number of rotatable bonds is 7. The average molecular weight is 350 g/mol. The molecule has 0 radical (unpaired) electrons. The zero-order chi connectivity index (χ0) is 16.8. The molecule has 8 nitrogen and oxygen atoms in total. The maximum atomic E-state index is 12.2. The van der Waals surface area contributed by atoms with E-state index in [9.17, 15) is 4.79 Å². The largest absolute Gasteiger partial charge is 0.379 e. The molecular weight excluding hydrogens is 328 g/mol. The number of tetrazole rings is 1. The lowest BCUT2D eigenvalue weighted by Gasteiger charge is -2.25. The van der Waals surface area contributed by atoms with E-state index < -0.39 is 0 Å². The Morgan fingerprint density at radius 3 is 3.04 bits per heavy atom. The molecule has 0 bridgehead atoms. The first kappa shape index (κ1) is 17.0. The molecule has 1 fully saturated rings. The Hall–Kier alpha value is -1.84. The van der Waals surface area contributed by atoms with Crippen LogP contribution in [0.2, 0.25) is 0 Å². The molecule has 24 heavy (non-hydrogen) atoms. The summed E-state index contributed by atoms with van der Waals surface area (Å²) in [6.07, 6.45) is 0.825. The number of carbonyl (C=O) groups is 1. The van der Waals surface area contributed by atoms with Gasteiger partial charge in [0, 0.05) is 19.1 Å². The lowest BCUT2D eigenvalue weighted by molar-refractivity contribution is -0.122. The van der Waals surface area contributed by atoms with E-state index >= 15 is 0 Å². The topological polar surface area (TPSA) is 85.2 Å². The highest BCUT2D eigenvalue weighted by Crippen LogP contribution is 2.08.